The third kappa shape index (κ3) is 5.36. The highest BCUT2D eigenvalue weighted by Crippen LogP contribution is 2.54. The lowest BCUT2D eigenvalue weighted by Crippen LogP contribution is -2.14. The van der Waals surface area contributed by atoms with E-state index in [1.165, 1.54) is 38.5 Å². The van der Waals surface area contributed by atoms with E-state index in [1.54, 1.807) is 6.20 Å². The average molecular weight is 747 g/mol. The van der Waals surface area contributed by atoms with Crippen molar-refractivity contribution in [1.29, 1.82) is 0 Å². The number of benzene rings is 6. The Morgan fingerprint density at radius 3 is 1.97 bits per heavy atom. The molecule has 4 heterocycles. The van der Waals surface area contributed by atoms with Gasteiger partial charge in [0.2, 0.25) is 0 Å². The van der Waals surface area contributed by atoms with Gasteiger partial charge in [-0.25, -0.2) is 15.0 Å². The highest BCUT2D eigenvalue weighted by Gasteiger charge is 2.37. The van der Waals surface area contributed by atoms with E-state index in [0.29, 0.717) is 24.0 Å². The van der Waals surface area contributed by atoms with Crippen LogP contribution in [0.1, 0.15) is 36.7 Å². The summed E-state index contributed by atoms with van der Waals surface area (Å²) in [6.07, 6.45) is 9.50. The van der Waals surface area contributed by atoms with Crippen molar-refractivity contribution in [2.45, 2.75) is 25.2 Å². The van der Waals surface area contributed by atoms with Gasteiger partial charge in [0.25, 0.3) is 0 Å². The molecule has 0 radical (unpaired) electrons. The summed E-state index contributed by atoms with van der Waals surface area (Å²) >= 11 is 0. The standard InChI is InChI=1S/C52H38N6/c1-52(2)42-23-11-9-21-38(42)46-43(52)25-26-45-47(46)39-22-10-12-24-44(39)58(45)48-40(33-15-5-3-6-16-33)29-37(30-41(48)34-17-7-4-8-18-34)51-56-49(35-19-13-27-53-31-35)55-50(57-51)36-20-14-28-54-32-36/h3-31,36H,32H2,1-2H3. The summed E-state index contributed by atoms with van der Waals surface area (Å²) in [7, 11) is 0. The molecule has 6 nitrogen and oxygen atoms in total. The van der Waals surface area contributed by atoms with Crippen LogP contribution in [-0.4, -0.2) is 37.3 Å². The normalized spacial score (nSPS) is 15.2. The lowest BCUT2D eigenvalue weighted by Gasteiger charge is -2.22. The van der Waals surface area contributed by atoms with Crippen LogP contribution in [0, 0.1) is 0 Å². The van der Waals surface area contributed by atoms with E-state index in [1.807, 2.05) is 30.6 Å². The van der Waals surface area contributed by atoms with Crippen molar-refractivity contribution in [3.63, 3.8) is 0 Å². The molecule has 6 aromatic carbocycles. The molecule has 0 N–H and O–H groups in total. The highest BCUT2D eigenvalue weighted by molar-refractivity contribution is 6.18. The van der Waals surface area contributed by atoms with Crippen LogP contribution in [0.25, 0.3) is 83.6 Å². The Labute approximate surface area is 337 Å². The van der Waals surface area contributed by atoms with E-state index >= 15 is 0 Å². The number of dihydropyridines is 1. The quantitative estimate of drug-likeness (QED) is 0.170. The number of aromatic nitrogens is 5. The van der Waals surface area contributed by atoms with E-state index < -0.39 is 0 Å². The van der Waals surface area contributed by atoms with Crippen molar-refractivity contribution >= 4 is 28.0 Å². The van der Waals surface area contributed by atoms with Crippen molar-refractivity contribution in [1.82, 2.24) is 24.5 Å². The Hall–Kier alpha value is -7.31. The van der Waals surface area contributed by atoms with Crippen molar-refractivity contribution < 1.29 is 0 Å². The first-order chi connectivity index (χ1) is 28.5. The Kier molecular flexibility index (Phi) is 7.86. The minimum Gasteiger partial charge on any atom is -0.308 e. The van der Waals surface area contributed by atoms with Crippen LogP contribution in [0.3, 0.4) is 0 Å². The zero-order valence-electron chi connectivity index (χ0n) is 32.2. The topological polar surface area (TPSA) is 68.8 Å². The zero-order valence-corrected chi connectivity index (χ0v) is 32.2. The van der Waals surface area contributed by atoms with E-state index in [4.69, 9.17) is 15.0 Å². The Bertz CT molecular complexity index is 3050. The van der Waals surface area contributed by atoms with Crippen LogP contribution in [0.15, 0.2) is 175 Å². The zero-order chi connectivity index (χ0) is 38.8. The molecule has 0 saturated heterocycles. The van der Waals surface area contributed by atoms with Gasteiger partial charge in [-0.3, -0.25) is 9.98 Å². The Morgan fingerprint density at radius 2 is 1.26 bits per heavy atom. The van der Waals surface area contributed by atoms with Gasteiger partial charge >= 0.3 is 0 Å². The minimum absolute atomic E-state index is 0.0712. The number of fused-ring (bicyclic) bond motifs is 7. The molecular weight excluding hydrogens is 709 g/mol. The molecule has 1 atom stereocenters. The first-order valence-corrected chi connectivity index (χ1v) is 19.8. The number of para-hydroxylation sites is 1. The number of allylic oxidation sites excluding steroid dienone is 1. The summed E-state index contributed by atoms with van der Waals surface area (Å²) in [5, 5.41) is 2.51. The average Bonchev–Trinajstić information content (AvgIpc) is 3.75. The fraction of sp³-hybridized carbons (Fsp3) is 0.0962. The molecule has 2 aliphatic rings. The van der Waals surface area contributed by atoms with E-state index in [9.17, 15) is 0 Å². The molecule has 0 fully saturated rings. The van der Waals surface area contributed by atoms with Gasteiger partial charge in [-0.05, 0) is 75.9 Å². The van der Waals surface area contributed by atoms with Crippen LogP contribution in [0.5, 0.6) is 0 Å². The Balaban J connectivity index is 1.25. The van der Waals surface area contributed by atoms with Gasteiger partial charge in [0.1, 0.15) is 5.82 Å². The fourth-order valence-corrected chi connectivity index (χ4v) is 9.13. The second-order valence-electron chi connectivity index (χ2n) is 15.6. The van der Waals surface area contributed by atoms with Crippen molar-refractivity contribution in [2.75, 3.05) is 6.54 Å². The minimum atomic E-state index is -0.118. The first kappa shape index (κ1) is 34.0. The lowest BCUT2D eigenvalue weighted by atomic mass is 9.82. The molecule has 6 heteroatoms. The van der Waals surface area contributed by atoms with Crippen molar-refractivity contribution in [3.05, 3.63) is 187 Å². The SMILES string of the molecule is CC1(C)c2ccccc2-c2c1ccc1c2c2ccccc2n1-c1c(-c2ccccc2)cc(-c2nc(-c3cccnc3)nc(C3C=CC=NC3)n2)cc1-c1ccccc1. The molecule has 0 bridgehead atoms. The lowest BCUT2D eigenvalue weighted by molar-refractivity contribution is 0.661. The monoisotopic (exact) mass is 746 g/mol. The number of pyridine rings is 1. The van der Waals surface area contributed by atoms with Gasteiger partial charge in [-0.1, -0.05) is 129 Å². The summed E-state index contributed by atoms with van der Waals surface area (Å²) in [4.78, 5) is 24.3. The predicted octanol–water partition coefficient (Wildman–Crippen LogP) is 12.1. The second kappa shape index (κ2) is 13.4. The van der Waals surface area contributed by atoms with E-state index in [2.05, 4.69) is 168 Å². The molecule has 1 unspecified atom stereocenters. The van der Waals surface area contributed by atoms with Gasteiger partial charge < -0.3 is 4.57 Å². The van der Waals surface area contributed by atoms with Crippen LogP contribution in [-0.2, 0) is 5.41 Å². The number of rotatable bonds is 6. The van der Waals surface area contributed by atoms with Gasteiger partial charge in [-0.15, -0.1) is 0 Å². The van der Waals surface area contributed by atoms with Crippen LogP contribution < -0.4 is 0 Å². The molecule has 276 valence electrons. The largest absolute Gasteiger partial charge is 0.308 e. The Morgan fingerprint density at radius 1 is 0.586 bits per heavy atom. The summed E-state index contributed by atoms with van der Waals surface area (Å²) in [5.74, 6) is 1.80. The van der Waals surface area contributed by atoms with Crippen molar-refractivity contribution in [3.8, 4) is 61.8 Å². The van der Waals surface area contributed by atoms with Crippen LogP contribution in [0.2, 0.25) is 0 Å². The van der Waals surface area contributed by atoms with Crippen LogP contribution >= 0.6 is 0 Å². The molecule has 0 spiro atoms. The first-order valence-electron chi connectivity index (χ1n) is 19.8. The smallest absolute Gasteiger partial charge is 0.165 e. The van der Waals surface area contributed by atoms with E-state index in [0.717, 1.165) is 44.6 Å². The van der Waals surface area contributed by atoms with E-state index in [-0.39, 0.29) is 11.3 Å². The number of hydrogen-bond donors (Lipinski definition) is 0. The number of nitrogens with zero attached hydrogens (tertiary/aromatic N) is 6. The van der Waals surface area contributed by atoms with Gasteiger partial charge in [-0.2, -0.15) is 0 Å². The molecule has 1 aliphatic carbocycles. The maximum atomic E-state index is 5.21. The third-order valence-corrected chi connectivity index (χ3v) is 11.9. The molecule has 3 aromatic heterocycles. The third-order valence-electron chi connectivity index (χ3n) is 11.9. The van der Waals surface area contributed by atoms with Gasteiger partial charge in [0.15, 0.2) is 11.6 Å². The molecule has 11 rings (SSSR count). The highest BCUT2D eigenvalue weighted by atomic mass is 15.0. The maximum Gasteiger partial charge on any atom is 0.165 e. The molecule has 9 aromatic rings. The number of hydrogen-bond acceptors (Lipinski definition) is 5. The summed E-state index contributed by atoms with van der Waals surface area (Å²) in [6.45, 7) is 5.29. The van der Waals surface area contributed by atoms with Gasteiger partial charge in [0, 0.05) is 57.0 Å². The number of aliphatic imine (C=N–C) groups is 1. The predicted molar refractivity (Wildman–Crippen MR) is 237 cm³/mol. The van der Waals surface area contributed by atoms with Gasteiger partial charge in [0.05, 0.1) is 29.2 Å². The summed E-state index contributed by atoms with van der Waals surface area (Å²) in [6, 6.07) is 52.4. The molecular formula is C52H38N6. The summed E-state index contributed by atoms with van der Waals surface area (Å²) in [5.41, 5.74) is 14.8. The molecule has 1 aliphatic heterocycles. The molecule has 58 heavy (non-hydrogen) atoms. The molecule has 0 amide bonds. The second-order valence-corrected chi connectivity index (χ2v) is 15.6. The maximum absolute atomic E-state index is 5.21. The summed E-state index contributed by atoms with van der Waals surface area (Å²) < 4.78 is 2.50. The van der Waals surface area contributed by atoms with Crippen LogP contribution in [0.4, 0.5) is 0 Å². The molecule has 0 saturated carbocycles. The van der Waals surface area contributed by atoms with Crippen molar-refractivity contribution in [2.24, 2.45) is 4.99 Å². The fourth-order valence-electron chi connectivity index (χ4n) is 9.13.